The van der Waals surface area contributed by atoms with Crippen LogP contribution in [0.15, 0.2) is 30.6 Å². The van der Waals surface area contributed by atoms with Crippen LogP contribution in [0, 0.1) is 5.92 Å². The molecule has 0 spiro atoms. The molecular formula is C15H18N6O. The summed E-state index contributed by atoms with van der Waals surface area (Å²) in [5, 5.41) is 13.6. The van der Waals surface area contributed by atoms with Gasteiger partial charge in [0.15, 0.2) is 0 Å². The normalized spacial score (nSPS) is 12.7. The van der Waals surface area contributed by atoms with Crippen molar-refractivity contribution in [1.29, 1.82) is 0 Å². The molecule has 0 unspecified atom stereocenters. The Labute approximate surface area is 127 Å². The molecule has 0 fully saturated rings. The largest absolute Gasteiger partial charge is 0.342 e. The van der Waals surface area contributed by atoms with Crippen molar-refractivity contribution in [1.82, 2.24) is 30.3 Å². The second-order valence-corrected chi connectivity index (χ2v) is 5.62. The minimum Gasteiger partial charge on any atom is -0.342 e. The van der Waals surface area contributed by atoms with Gasteiger partial charge in [0.1, 0.15) is 16.9 Å². The zero-order valence-electron chi connectivity index (χ0n) is 12.7. The maximum atomic E-state index is 12.5. The van der Waals surface area contributed by atoms with Crippen molar-refractivity contribution in [2.45, 2.75) is 19.9 Å². The molecule has 7 nitrogen and oxygen atoms in total. The summed E-state index contributed by atoms with van der Waals surface area (Å²) in [6.45, 7) is 4.11. The molecule has 2 N–H and O–H groups in total. The van der Waals surface area contributed by atoms with Gasteiger partial charge in [0.25, 0.3) is 5.91 Å². The molecule has 0 aliphatic rings. The lowest BCUT2D eigenvalue weighted by Gasteiger charge is -2.22. The molecule has 0 aliphatic heterocycles. The van der Waals surface area contributed by atoms with Gasteiger partial charge in [0.2, 0.25) is 0 Å². The van der Waals surface area contributed by atoms with Crippen molar-refractivity contribution in [3.05, 3.63) is 42.0 Å². The van der Waals surface area contributed by atoms with Crippen LogP contribution in [0.25, 0.3) is 11.0 Å². The summed E-state index contributed by atoms with van der Waals surface area (Å²) in [4.78, 5) is 16.9. The number of hydrogen-bond donors (Lipinski definition) is 2. The molecule has 1 aromatic carbocycles. The van der Waals surface area contributed by atoms with Crippen LogP contribution in [0.1, 0.15) is 36.1 Å². The average Bonchev–Trinajstić information content (AvgIpc) is 3.12. The number of carbonyl (C=O) groups is 1. The number of fused-ring (bicyclic) bond motifs is 1. The molecule has 0 aliphatic carbocycles. The zero-order chi connectivity index (χ0) is 15.7. The molecule has 22 heavy (non-hydrogen) atoms. The number of H-pyrrole nitrogens is 1. The molecule has 3 aromatic rings. The third-order valence-corrected chi connectivity index (χ3v) is 3.67. The Morgan fingerprint density at radius 2 is 2.05 bits per heavy atom. The van der Waals surface area contributed by atoms with Gasteiger partial charge in [-0.2, -0.15) is 15.4 Å². The molecule has 7 heteroatoms. The number of rotatable bonds is 4. The zero-order valence-corrected chi connectivity index (χ0v) is 12.7. The van der Waals surface area contributed by atoms with Crippen LogP contribution in [-0.4, -0.2) is 30.9 Å². The molecule has 1 atom stereocenters. The fourth-order valence-corrected chi connectivity index (χ4v) is 2.41. The summed E-state index contributed by atoms with van der Waals surface area (Å²) in [6, 6.07) is 5.10. The maximum absolute atomic E-state index is 12.5. The summed E-state index contributed by atoms with van der Waals surface area (Å²) >= 11 is 0. The number of aryl methyl sites for hydroxylation is 1. The number of aromatic nitrogens is 5. The Morgan fingerprint density at radius 1 is 1.27 bits per heavy atom. The van der Waals surface area contributed by atoms with Crippen molar-refractivity contribution in [2.75, 3.05) is 0 Å². The van der Waals surface area contributed by atoms with Gasteiger partial charge in [-0.3, -0.25) is 4.79 Å². The van der Waals surface area contributed by atoms with E-state index in [4.69, 9.17) is 0 Å². The number of hydrogen-bond acceptors (Lipinski definition) is 4. The van der Waals surface area contributed by atoms with Gasteiger partial charge < -0.3 is 9.88 Å². The van der Waals surface area contributed by atoms with Gasteiger partial charge in [-0.25, -0.2) is 4.98 Å². The van der Waals surface area contributed by atoms with E-state index in [1.54, 1.807) is 24.4 Å². The lowest BCUT2D eigenvalue weighted by molar-refractivity contribution is 0.0922. The highest BCUT2D eigenvalue weighted by Gasteiger charge is 2.22. The van der Waals surface area contributed by atoms with Crippen molar-refractivity contribution in [2.24, 2.45) is 13.0 Å². The van der Waals surface area contributed by atoms with E-state index in [0.29, 0.717) is 11.1 Å². The van der Waals surface area contributed by atoms with Gasteiger partial charge in [0.05, 0.1) is 6.04 Å². The van der Waals surface area contributed by atoms with Gasteiger partial charge in [-0.05, 0) is 24.1 Å². The number of imidazole rings is 1. The third kappa shape index (κ3) is 2.57. The van der Waals surface area contributed by atoms with Crippen LogP contribution in [0.2, 0.25) is 0 Å². The quantitative estimate of drug-likeness (QED) is 0.769. The SMILES string of the molecule is CC(C)[C@H](NC(=O)c1ccc2n[nH]nc2c1)c1nccn1C. The van der Waals surface area contributed by atoms with Gasteiger partial charge in [-0.15, -0.1) is 0 Å². The Morgan fingerprint density at radius 3 is 2.73 bits per heavy atom. The average molecular weight is 298 g/mol. The molecule has 0 saturated heterocycles. The molecule has 114 valence electrons. The van der Waals surface area contributed by atoms with E-state index < -0.39 is 0 Å². The van der Waals surface area contributed by atoms with Crippen LogP contribution in [0.5, 0.6) is 0 Å². The second-order valence-electron chi connectivity index (χ2n) is 5.62. The van der Waals surface area contributed by atoms with E-state index in [1.165, 1.54) is 0 Å². The fourth-order valence-electron chi connectivity index (χ4n) is 2.41. The highest BCUT2D eigenvalue weighted by Crippen LogP contribution is 2.20. The number of carbonyl (C=O) groups excluding carboxylic acids is 1. The van der Waals surface area contributed by atoms with Gasteiger partial charge in [0, 0.05) is 25.0 Å². The summed E-state index contributed by atoms with van der Waals surface area (Å²) in [5.74, 6) is 0.915. The van der Waals surface area contributed by atoms with Crippen LogP contribution in [-0.2, 0) is 7.05 Å². The Bertz CT molecular complexity index is 803. The smallest absolute Gasteiger partial charge is 0.251 e. The van der Waals surface area contributed by atoms with Gasteiger partial charge >= 0.3 is 0 Å². The summed E-state index contributed by atoms with van der Waals surface area (Å²) in [7, 11) is 1.92. The first-order valence-electron chi connectivity index (χ1n) is 7.15. The Balaban J connectivity index is 1.86. The standard InChI is InChI=1S/C15H18N6O/c1-9(2)13(14-16-6-7-21(14)3)17-15(22)10-4-5-11-12(8-10)19-20-18-11/h4-9,13H,1-3H3,(H,17,22)(H,18,19,20)/t13-/m0/s1. The Kier molecular flexibility index (Phi) is 3.62. The fraction of sp³-hybridized carbons (Fsp3) is 0.333. The van der Waals surface area contributed by atoms with Crippen LogP contribution < -0.4 is 5.32 Å². The molecule has 0 bridgehead atoms. The molecular weight excluding hydrogens is 280 g/mol. The van der Waals surface area contributed by atoms with E-state index >= 15 is 0 Å². The lowest BCUT2D eigenvalue weighted by atomic mass is 10.0. The van der Waals surface area contributed by atoms with E-state index in [0.717, 1.165) is 11.3 Å². The molecule has 2 heterocycles. The monoisotopic (exact) mass is 298 g/mol. The number of aromatic amines is 1. The molecule has 2 aromatic heterocycles. The van der Waals surface area contributed by atoms with E-state index in [-0.39, 0.29) is 17.9 Å². The number of amides is 1. The molecule has 3 rings (SSSR count). The molecule has 0 saturated carbocycles. The van der Waals surface area contributed by atoms with Crippen molar-refractivity contribution in [3.8, 4) is 0 Å². The summed E-state index contributed by atoms with van der Waals surface area (Å²) in [5.41, 5.74) is 1.97. The van der Waals surface area contributed by atoms with Crippen LogP contribution in [0.3, 0.4) is 0 Å². The van der Waals surface area contributed by atoms with Crippen molar-refractivity contribution in [3.63, 3.8) is 0 Å². The second kappa shape index (κ2) is 5.59. The van der Waals surface area contributed by atoms with E-state index in [2.05, 4.69) is 39.6 Å². The Hall–Kier alpha value is -2.70. The number of nitrogens with one attached hydrogen (secondary N) is 2. The predicted octanol–water partition coefficient (Wildman–Crippen LogP) is 1.82. The van der Waals surface area contributed by atoms with Gasteiger partial charge in [-0.1, -0.05) is 13.8 Å². The summed E-state index contributed by atoms with van der Waals surface area (Å²) in [6.07, 6.45) is 3.61. The van der Waals surface area contributed by atoms with Crippen LogP contribution >= 0.6 is 0 Å². The highest BCUT2D eigenvalue weighted by atomic mass is 16.1. The molecule has 1 amide bonds. The lowest BCUT2D eigenvalue weighted by Crippen LogP contribution is -2.33. The third-order valence-electron chi connectivity index (χ3n) is 3.67. The maximum Gasteiger partial charge on any atom is 0.251 e. The minimum atomic E-state index is -0.152. The first-order valence-corrected chi connectivity index (χ1v) is 7.15. The minimum absolute atomic E-state index is 0.147. The van der Waals surface area contributed by atoms with Crippen molar-refractivity contribution < 1.29 is 4.79 Å². The van der Waals surface area contributed by atoms with E-state index in [1.807, 2.05) is 17.8 Å². The first kappa shape index (κ1) is 14.2. The first-order chi connectivity index (χ1) is 10.6. The number of benzene rings is 1. The topological polar surface area (TPSA) is 88.5 Å². The number of nitrogens with zero attached hydrogens (tertiary/aromatic N) is 4. The predicted molar refractivity (Wildman–Crippen MR) is 82.1 cm³/mol. The van der Waals surface area contributed by atoms with Crippen LogP contribution in [0.4, 0.5) is 0 Å². The summed E-state index contributed by atoms with van der Waals surface area (Å²) < 4.78 is 1.92. The highest BCUT2D eigenvalue weighted by molar-refractivity contribution is 5.97. The van der Waals surface area contributed by atoms with E-state index in [9.17, 15) is 4.79 Å². The van der Waals surface area contributed by atoms with Crippen molar-refractivity contribution >= 4 is 16.9 Å². The molecule has 0 radical (unpaired) electrons.